The maximum atomic E-state index is 12.8. The fourth-order valence-electron chi connectivity index (χ4n) is 2.00. The highest BCUT2D eigenvalue weighted by molar-refractivity contribution is 7.80. The van der Waals surface area contributed by atoms with Gasteiger partial charge in [-0.2, -0.15) is 0 Å². The zero-order chi connectivity index (χ0) is 18.1. The van der Waals surface area contributed by atoms with Gasteiger partial charge in [0.05, 0.1) is 0 Å². The van der Waals surface area contributed by atoms with Gasteiger partial charge in [-0.25, -0.2) is 4.39 Å². The third-order valence-electron chi connectivity index (χ3n) is 3.36. The second kappa shape index (κ2) is 9.58. The molecule has 1 amide bonds. The molecule has 0 radical (unpaired) electrons. The highest BCUT2D eigenvalue weighted by Gasteiger charge is 2.04. The van der Waals surface area contributed by atoms with Crippen molar-refractivity contribution in [3.05, 3.63) is 65.5 Å². The van der Waals surface area contributed by atoms with E-state index in [1.165, 1.54) is 12.1 Å². The van der Waals surface area contributed by atoms with Crippen LogP contribution in [0.25, 0.3) is 0 Å². The largest absolute Gasteiger partial charge is 0.484 e. The lowest BCUT2D eigenvalue weighted by molar-refractivity contribution is -0.123. The number of rotatable bonds is 6. The molecule has 2 rings (SSSR count). The van der Waals surface area contributed by atoms with Crippen molar-refractivity contribution in [2.24, 2.45) is 0 Å². The molecule has 2 aromatic rings. The lowest BCUT2D eigenvalue weighted by Crippen LogP contribution is -2.48. The first-order valence-electron chi connectivity index (χ1n) is 7.85. The van der Waals surface area contributed by atoms with E-state index < -0.39 is 0 Å². The molecule has 132 valence electrons. The van der Waals surface area contributed by atoms with Gasteiger partial charge in [-0.15, -0.1) is 0 Å². The molecule has 0 aliphatic rings. The van der Waals surface area contributed by atoms with Crippen molar-refractivity contribution in [1.29, 1.82) is 0 Å². The molecule has 25 heavy (non-hydrogen) atoms. The van der Waals surface area contributed by atoms with E-state index in [1.54, 1.807) is 18.2 Å². The summed E-state index contributed by atoms with van der Waals surface area (Å²) in [5.74, 6) is 0.000494. The summed E-state index contributed by atoms with van der Waals surface area (Å²) in [5, 5.41) is 3.16. The van der Waals surface area contributed by atoms with E-state index in [2.05, 4.69) is 23.1 Å². The molecule has 3 N–H and O–H groups in total. The number of carbonyl (C=O) groups excluding carboxylic acids is 1. The second-order valence-electron chi connectivity index (χ2n) is 5.27. The number of hydrogen-bond acceptors (Lipinski definition) is 3. The van der Waals surface area contributed by atoms with Crippen LogP contribution in [0.1, 0.15) is 18.1 Å². The number of hydrogen-bond donors (Lipinski definition) is 3. The van der Waals surface area contributed by atoms with Crippen LogP contribution in [0, 0.1) is 5.82 Å². The number of benzene rings is 2. The number of hydrazine groups is 1. The van der Waals surface area contributed by atoms with Crippen LogP contribution in [-0.4, -0.2) is 17.6 Å². The van der Waals surface area contributed by atoms with Gasteiger partial charge in [-0.05, 0) is 54.0 Å². The number of nitrogens with one attached hydrogen (secondary N) is 3. The molecule has 0 aliphatic heterocycles. The minimum Gasteiger partial charge on any atom is -0.484 e. The van der Waals surface area contributed by atoms with E-state index in [1.807, 2.05) is 18.2 Å². The number of aryl methyl sites for hydroxylation is 1. The van der Waals surface area contributed by atoms with E-state index in [-0.39, 0.29) is 23.4 Å². The van der Waals surface area contributed by atoms with Crippen molar-refractivity contribution in [3.63, 3.8) is 0 Å². The van der Waals surface area contributed by atoms with Crippen LogP contribution >= 0.6 is 12.2 Å². The predicted octanol–water partition coefficient (Wildman–Crippen LogP) is 2.46. The summed E-state index contributed by atoms with van der Waals surface area (Å²) in [4.78, 5) is 11.8. The fraction of sp³-hybridized carbons (Fsp3) is 0.222. The van der Waals surface area contributed by atoms with Crippen molar-refractivity contribution >= 4 is 23.2 Å². The molecule has 0 aromatic heterocycles. The zero-order valence-corrected chi connectivity index (χ0v) is 14.7. The van der Waals surface area contributed by atoms with Gasteiger partial charge in [0.2, 0.25) is 0 Å². The van der Waals surface area contributed by atoms with Gasteiger partial charge in [0, 0.05) is 6.54 Å². The van der Waals surface area contributed by atoms with Crippen molar-refractivity contribution in [2.75, 3.05) is 6.61 Å². The highest BCUT2D eigenvalue weighted by Crippen LogP contribution is 2.13. The third kappa shape index (κ3) is 6.76. The number of ether oxygens (including phenoxy) is 1. The Bertz CT molecular complexity index is 723. The van der Waals surface area contributed by atoms with Crippen LogP contribution in [0.2, 0.25) is 0 Å². The first kappa shape index (κ1) is 18.7. The van der Waals surface area contributed by atoms with Crippen molar-refractivity contribution in [2.45, 2.75) is 19.9 Å². The van der Waals surface area contributed by atoms with Gasteiger partial charge < -0.3 is 10.1 Å². The normalized spacial score (nSPS) is 10.0. The lowest BCUT2D eigenvalue weighted by atomic mass is 10.2. The number of amides is 1. The summed E-state index contributed by atoms with van der Waals surface area (Å²) in [7, 11) is 0. The monoisotopic (exact) mass is 361 g/mol. The Morgan fingerprint density at radius 1 is 1.12 bits per heavy atom. The van der Waals surface area contributed by atoms with Gasteiger partial charge in [0.1, 0.15) is 11.6 Å². The standard InChI is InChI=1S/C18H20FN3O2S/c1-2-13-4-3-5-16(10-13)24-12-17(23)21-22-18(25)20-11-14-6-8-15(19)9-7-14/h3-10H,2,11-12H2,1H3,(H,21,23)(H2,20,22,25). The average molecular weight is 361 g/mol. The predicted molar refractivity (Wildman–Crippen MR) is 98.4 cm³/mol. The number of halogens is 1. The third-order valence-corrected chi connectivity index (χ3v) is 3.60. The van der Waals surface area contributed by atoms with Gasteiger partial charge in [0.15, 0.2) is 11.7 Å². The molecule has 0 saturated carbocycles. The summed E-state index contributed by atoms with van der Waals surface area (Å²) in [6, 6.07) is 13.6. The second-order valence-corrected chi connectivity index (χ2v) is 5.68. The maximum Gasteiger partial charge on any atom is 0.276 e. The Morgan fingerprint density at radius 2 is 1.88 bits per heavy atom. The molecular weight excluding hydrogens is 341 g/mol. The first-order valence-corrected chi connectivity index (χ1v) is 8.26. The molecule has 2 aromatic carbocycles. The fourth-order valence-corrected chi connectivity index (χ4v) is 2.12. The van der Waals surface area contributed by atoms with Crippen LogP contribution < -0.4 is 20.9 Å². The summed E-state index contributed by atoms with van der Waals surface area (Å²) in [5.41, 5.74) is 7.05. The van der Waals surface area contributed by atoms with Gasteiger partial charge >= 0.3 is 0 Å². The first-order chi connectivity index (χ1) is 12.1. The van der Waals surface area contributed by atoms with Crippen molar-refractivity contribution in [3.8, 4) is 5.75 Å². The molecule has 0 spiro atoms. The average Bonchev–Trinajstić information content (AvgIpc) is 2.64. The van der Waals surface area contributed by atoms with E-state index >= 15 is 0 Å². The molecule has 0 atom stereocenters. The van der Waals surface area contributed by atoms with Crippen LogP contribution in [0.3, 0.4) is 0 Å². The Morgan fingerprint density at radius 3 is 2.60 bits per heavy atom. The van der Waals surface area contributed by atoms with Crippen molar-refractivity contribution in [1.82, 2.24) is 16.2 Å². The molecular formula is C18H20FN3O2S. The Balaban J connectivity index is 1.66. The minimum atomic E-state index is -0.354. The summed E-state index contributed by atoms with van der Waals surface area (Å²) in [6.07, 6.45) is 0.902. The molecule has 0 unspecified atom stereocenters. The lowest BCUT2D eigenvalue weighted by Gasteiger charge is -2.12. The van der Waals surface area contributed by atoms with E-state index in [0.717, 1.165) is 17.5 Å². The SMILES string of the molecule is CCc1cccc(OCC(=O)NNC(=S)NCc2ccc(F)cc2)c1. The van der Waals surface area contributed by atoms with Crippen LogP contribution in [-0.2, 0) is 17.8 Å². The molecule has 0 bridgehead atoms. The molecule has 0 aliphatic carbocycles. The molecule has 5 nitrogen and oxygen atoms in total. The Labute approximate surface area is 151 Å². The smallest absolute Gasteiger partial charge is 0.276 e. The minimum absolute atomic E-state index is 0.124. The number of carbonyl (C=O) groups is 1. The molecule has 0 saturated heterocycles. The van der Waals surface area contributed by atoms with E-state index in [0.29, 0.717) is 12.3 Å². The Kier molecular flexibility index (Phi) is 7.16. The van der Waals surface area contributed by atoms with Gasteiger partial charge in [-0.3, -0.25) is 15.6 Å². The topological polar surface area (TPSA) is 62.4 Å². The van der Waals surface area contributed by atoms with Crippen LogP contribution in [0.4, 0.5) is 4.39 Å². The molecule has 0 heterocycles. The van der Waals surface area contributed by atoms with Crippen molar-refractivity contribution < 1.29 is 13.9 Å². The highest BCUT2D eigenvalue weighted by atomic mass is 32.1. The van der Waals surface area contributed by atoms with E-state index in [4.69, 9.17) is 17.0 Å². The quantitative estimate of drug-likeness (QED) is 0.545. The Hall–Kier alpha value is -2.67. The zero-order valence-electron chi connectivity index (χ0n) is 13.8. The number of thiocarbonyl (C=S) groups is 1. The summed E-state index contributed by atoms with van der Waals surface area (Å²) >= 11 is 5.06. The molecule has 7 heteroatoms. The van der Waals surface area contributed by atoms with Crippen LogP contribution in [0.15, 0.2) is 48.5 Å². The van der Waals surface area contributed by atoms with E-state index in [9.17, 15) is 9.18 Å². The summed E-state index contributed by atoms with van der Waals surface area (Å²) in [6.45, 7) is 2.35. The van der Waals surface area contributed by atoms with Gasteiger partial charge in [0.25, 0.3) is 5.91 Å². The van der Waals surface area contributed by atoms with Gasteiger partial charge in [-0.1, -0.05) is 31.2 Å². The maximum absolute atomic E-state index is 12.8. The summed E-state index contributed by atoms with van der Waals surface area (Å²) < 4.78 is 18.2. The molecule has 0 fully saturated rings. The van der Waals surface area contributed by atoms with Crippen LogP contribution in [0.5, 0.6) is 5.75 Å².